The summed E-state index contributed by atoms with van der Waals surface area (Å²) < 4.78 is 0. The van der Waals surface area contributed by atoms with Crippen LogP contribution in [0.4, 0.5) is 0 Å². The number of aromatic nitrogens is 1. The molecule has 0 unspecified atom stereocenters. The summed E-state index contributed by atoms with van der Waals surface area (Å²) in [7, 11) is 0. The number of carboxylic acids is 1. The van der Waals surface area contributed by atoms with Crippen LogP contribution in [0, 0.1) is 11.3 Å². The number of amides is 3. The fraction of sp³-hybridized carbons (Fsp3) is 0.576. The molecule has 0 saturated heterocycles. The van der Waals surface area contributed by atoms with E-state index in [1.54, 1.807) is 32.9 Å². The van der Waals surface area contributed by atoms with E-state index >= 15 is 0 Å². The Bertz CT molecular complexity index is 1260. The first-order chi connectivity index (χ1) is 21.4. The quantitative estimate of drug-likeness (QED) is 0.0603. The van der Waals surface area contributed by atoms with Crippen molar-refractivity contribution in [2.75, 3.05) is 12.0 Å². The van der Waals surface area contributed by atoms with Crippen LogP contribution in [0.15, 0.2) is 41.0 Å². The number of aliphatic carboxylic acids is 1. The van der Waals surface area contributed by atoms with Crippen LogP contribution in [0.3, 0.4) is 0 Å². The zero-order chi connectivity index (χ0) is 33.4. The van der Waals surface area contributed by atoms with Crippen molar-refractivity contribution in [1.82, 2.24) is 20.9 Å². The predicted octanol–water partition coefficient (Wildman–Crippen LogP) is 5.63. The van der Waals surface area contributed by atoms with E-state index in [1.807, 2.05) is 6.26 Å². The van der Waals surface area contributed by atoms with Crippen molar-refractivity contribution in [3.8, 4) is 0 Å². The molecule has 1 aliphatic carbocycles. The highest BCUT2D eigenvalue weighted by atomic mass is 32.2. The molecule has 1 atom stereocenters. The monoisotopic (exact) mass is 660 g/mol. The number of hydrogen-bond donors (Lipinski definition) is 4. The van der Waals surface area contributed by atoms with Gasteiger partial charge in [-0.15, -0.1) is 11.8 Å². The highest BCUT2D eigenvalue weighted by Gasteiger charge is 2.41. The van der Waals surface area contributed by atoms with Crippen LogP contribution in [0.2, 0.25) is 0 Å². The van der Waals surface area contributed by atoms with Gasteiger partial charge in [0.25, 0.3) is 11.8 Å². The van der Waals surface area contributed by atoms with E-state index in [0.717, 1.165) is 49.2 Å². The maximum atomic E-state index is 13.0. The summed E-state index contributed by atoms with van der Waals surface area (Å²) in [5.41, 5.74) is 0.329. The fourth-order valence-electron chi connectivity index (χ4n) is 4.54. The molecular formula is C33H48N4O6S2. The molecule has 0 bridgehead atoms. The second-order valence-electron chi connectivity index (χ2n) is 11.6. The van der Waals surface area contributed by atoms with E-state index in [1.165, 1.54) is 36.0 Å². The van der Waals surface area contributed by atoms with E-state index in [9.17, 15) is 29.1 Å². The third kappa shape index (κ3) is 13.8. The number of carbonyl (C=O) groups excluding carboxylic acids is 4. The van der Waals surface area contributed by atoms with Crippen LogP contribution in [-0.2, 0) is 25.7 Å². The minimum absolute atomic E-state index is 0.0656. The second kappa shape index (κ2) is 19.4. The molecule has 248 valence electrons. The van der Waals surface area contributed by atoms with E-state index in [-0.39, 0.29) is 40.3 Å². The Morgan fingerprint density at radius 2 is 1.84 bits per heavy atom. The smallest absolute Gasteiger partial charge is 0.326 e. The van der Waals surface area contributed by atoms with Crippen LogP contribution in [0.5, 0.6) is 0 Å². The van der Waals surface area contributed by atoms with E-state index in [0.29, 0.717) is 18.5 Å². The van der Waals surface area contributed by atoms with Gasteiger partial charge >= 0.3 is 5.97 Å². The molecule has 1 fully saturated rings. The van der Waals surface area contributed by atoms with Gasteiger partial charge < -0.3 is 21.1 Å². The predicted molar refractivity (Wildman–Crippen MR) is 180 cm³/mol. The number of carbonyl (C=O) groups is 5. The van der Waals surface area contributed by atoms with Gasteiger partial charge in [-0.3, -0.25) is 19.2 Å². The van der Waals surface area contributed by atoms with Crippen molar-refractivity contribution >= 4 is 52.3 Å². The zero-order valence-electron chi connectivity index (χ0n) is 27.1. The number of unbranched alkanes of at least 4 members (excludes halogenated alkanes) is 3. The molecule has 0 spiro atoms. The maximum absolute atomic E-state index is 13.0. The SMILES string of the molecule is C/C=C(\NC(=O)c1cc(SC)cc(CNC(=O)CC2(/C=C/CCSC(=O)CCCCCC)CC2)n1)C(=O)N[C@H](C(=O)O)C(C)C. The number of pyridine rings is 1. The standard InChI is InChI=1S/C33H48N4O6S2/c1-6-8-9-10-13-28(39)45-17-12-11-14-33(15-16-33)20-27(38)34-21-23-18-24(44-5)19-26(35-23)31(41)36-25(7-2)30(40)37-29(22(3)4)32(42)43/h7,11,14,18-19,22,29H,6,8-10,12-13,15-17,20-21H2,1-5H3,(H,34,38)(H,36,41)(H,37,40)(H,42,43)/b14-11+,25-7-/t29-/m0/s1. The molecule has 4 N–H and O–H groups in total. The number of allylic oxidation sites excluding steroid dienone is 3. The lowest BCUT2D eigenvalue weighted by Gasteiger charge is -2.19. The van der Waals surface area contributed by atoms with Crippen molar-refractivity contribution in [2.24, 2.45) is 11.3 Å². The largest absolute Gasteiger partial charge is 0.480 e. The lowest BCUT2D eigenvalue weighted by molar-refractivity contribution is -0.142. The van der Waals surface area contributed by atoms with Crippen molar-refractivity contribution < 1.29 is 29.1 Å². The van der Waals surface area contributed by atoms with E-state index in [4.69, 9.17) is 0 Å². The molecular weight excluding hydrogens is 613 g/mol. The number of nitrogens with zero attached hydrogens (tertiary/aromatic N) is 1. The van der Waals surface area contributed by atoms with Gasteiger partial charge in [-0.2, -0.15) is 0 Å². The van der Waals surface area contributed by atoms with E-state index < -0.39 is 23.8 Å². The van der Waals surface area contributed by atoms with E-state index in [2.05, 4.69) is 40.0 Å². The van der Waals surface area contributed by atoms with Gasteiger partial charge in [-0.05, 0) is 62.3 Å². The van der Waals surface area contributed by atoms with Crippen LogP contribution in [0.1, 0.15) is 102 Å². The summed E-state index contributed by atoms with van der Waals surface area (Å²) in [6, 6.07) is 2.27. The maximum Gasteiger partial charge on any atom is 0.326 e. The summed E-state index contributed by atoms with van der Waals surface area (Å²) in [6.45, 7) is 7.20. The minimum Gasteiger partial charge on any atom is -0.480 e. The van der Waals surface area contributed by atoms with Gasteiger partial charge in [-0.1, -0.05) is 70.0 Å². The third-order valence-corrected chi connectivity index (χ3v) is 9.12. The third-order valence-electron chi connectivity index (χ3n) is 7.45. The average Bonchev–Trinajstić information content (AvgIpc) is 3.77. The first kappa shape index (κ1) is 38.1. The molecule has 3 amide bonds. The Morgan fingerprint density at radius 1 is 1.11 bits per heavy atom. The normalized spacial score (nSPS) is 14.7. The molecule has 10 nitrogen and oxygen atoms in total. The molecule has 1 aromatic heterocycles. The lowest BCUT2D eigenvalue weighted by atomic mass is 10.0. The number of carboxylic acid groups (broad SMARTS) is 1. The molecule has 2 rings (SSSR count). The van der Waals surface area contributed by atoms with Crippen molar-refractivity contribution in [3.63, 3.8) is 0 Å². The highest BCUT2D eigenvalue weighted by Crippen LogP contribution is 2.50. The Balaban J connectivity index is 1.90. The van der Waals surface area contributed by atoms with Crippen LogP contribution < -0.4 is 16.0 Å². The summed E-state index contributed by atoms with van der Waals surface area (Å²) >= 11 is 2.80. The van der Waals surface area contributed by atoms with Crippen molar-refractivity contribution in [2.45, 2.75) is 103 Å². The summed E-state index contributed by atoms with van der Waals surface area (Å²) in [5.74, 6) is -2.22. The van der Waals surface area contributed by atoms with Crippen molar-refractivity contribution in [3.05, 3.63) is 47.4 Å². The van der Waals surface area contributed by atoms with Gasteiger partial charge in [0.1, 0.15) is 17.4 Å². The van der Waals surface area contributed by atoms with Crippen LogP contribution >= 0.6 is 23.5 Å². The van der Waals surface area contributed by atoms with Gasteiger partial charge in [0.2, 0.25) is 5.91 Å². The molecule has 1 aliphatic rings. The molecule has 0 aliphatic heterocycles. The molecule has 0 aromatic carbocycles. The topological polar surface area (TPSA) is 155 Å². The molecule has 1 aromatic rings. The fourth-order valence-corrected chi connectivity index (χ4v) is 5.79. The first-order valence-electron chi connectivity index (χ1n) is 15.6. The molecule has 1 heterocycles. The second-order valence-corrected chi connectivity index (χ2v) is 13.6. The van der Waals surface area contributed by atoms with Gasteiger partial charge in [0.05, 0.1) is 12.2 Å². The zero-order valence-corrected chi connectivity index (χ0v) is 28.7. The summed E-state index contributed by atoms with van der Waals surface area (Å²) in [4.78, 5) is 67.2. The summed E-state index contributed by atoms with van der Waals surface area (Å²) in [6.07, 6.45) is 15.5. The Kier molecular flexibility index (Phi) is 16.4. The van der Waals surface area contributed by atoms with Crippen molar-refractivity contribution in [1.29, 1.82) is 0 Å². The van der Waals surface area contributed by atoms with Crippen LogP contribution in [-0.4, -0.2) is 56.9 Å². The van der Waals surface area contributed by atoms with Gasteiger partial charge in [-0.25, -0.2) is 9.78 Å². The number of nitrogens with one attached hydrogen (secondary N) is 3. The molecule has 1 saturated carbocycles. The molecule has 45 heavy (non-hydrogen) atoms. The number of thioether (sulfide) groups is 2. The van der Waals surface area contributed by atoms with Gasteiger partial charge in [0, 0.05) is 23.5 Å². The minimum atomic E-state index is -1.17. The highest BCUT2D eigenvalue weighted by molar-refractivity contribution is 8.13. The number of hydrogen-bond acceptors (Lipinski definition) is 8. The number of rotatable bonds is 20. The molecule has 0 radical (unpaired) electrons. The lowest BCUT2D eigenvalue weighted by Crippen LogP contribution is -2.47. The Morgan fingerprint density at radius 3 is 2.44 bits per heavy atom. The average molecular weight is 661 g/mol. The molecule has 12 heteroatoms. The Labute approximate surface area is 275 Å². The van der Waals surface area contributed by atoms with Gasteiger partial charge in [0.15, 0.2) is 5.12 Å². The first-order valence-corrected chi connectivity index (χ1v) is 17.8. The van der Waals surface area contributed by atoms with Crippen LogP contribution in [0.25, 0.3) is 0 Å². The Hall–Kier alpha value is -3.12. The summed E-state index contributed by atoms with van der Waals surface area (Å²) in [5, 5.41) is 17.5.